The predicted octanol–water partition coefficient (Wildman–Crippen LogP) is 4.60. The van der Waals surface area contributed by atoms with Gasteiger partial charge < -0.3 is 27.6 Å². The Morgan fingerprint density at radius 2 is 1.08 bits per heavy atom. The summed E-state index contributed by atoms with van der Waals surface area (Å²) in [5.74, 6) is 0.503. The van der Waals surface area contributed by atoms with Gasteiger partial charge in [-0.1, -0.05) is 12.1 Å². The molecule has 1 heterocycles. The van der Waals surface area contributed by atoms with Crippen molar-refractivity contribution in [1.82, 2.24) is 0 Å². The highest BCUT2D eigenvalue weighted by Gasteiger charge is 2.74. The monoisotopic (exact) mass is 394 g/mol. The molecular weight excluding hydrogens is 370 g/mol. The number of para-hydroxylation sites is 2. The van der Waals surface area contributed by atoms with Crippen molar-refractivity contribution in [2.45, 2.75) is 33.0 Å². The Morgan fingerprint density at radius 3 is 1.36 bits per heavy atom. The lowest BCUT2D eigenvalue weighted by atomic mass is 10.3. The van der Waals surface area contributed by atoms with Crippen LogP contribution in [-0.2, 0) is 27.2 Å². The fourth-order valence-electron chi connectivity index (χ4n) is 2.38. The maximum atomic E-state index is 13.6. The van der Waals surface area contributed by atoms with Gasteiger partial charge >= 0.3 is 20.5 Å². The number of benzene rings is 1. The molecule has 8 nitrogen and oxygen atoms in total. The second kappa shape index (κ2) is 8.21. The highest BCUT2D eigenvalue weighted by molar-refractivity contribution is 7.73. The zero-order chi connectivity index (χ0) is 18.6. The Balaban J connectivity index is 2.64. The minimum absolute atomic E-state index is 0.0281. The number of fused-ring (bicyclic) bond motifs is 1. The van der Waals surface area contributed by atoms with Gasteiger partial charge in [0.25, 0.3) is 0 Å². The summed E-state index contributed by atoms with van der Waals surface area (Å²) in [6, 6.07) is 6.61. The number of hydrogen-bond donors (Lipinski definition) is 0. The Kier molecular flexibility index (Phi) is 6.71. The van der Waals surface area contributed by atoms with Crippen LogP contribution in [0.4, 0.5) is 0 Å². The molecule has 0 radical (unpaired) electrons. The summed E-state index contributed by atoms with van der Waals surface area (Å²) in [7, 11) is -8.44. The maximum Gasteiger partial charge on any atom is 0.459 e. The van der Waals surface area contributed by atoms with Gasteiger partial charge in [-0.25, -0.2) is 0 Å². The van der Waals surface area contributed by atoms with E-state index in [1.807, 2.05) is 0 Å². The van der Waals surface area contributed by atoms with Gasteiger partial charge in [-0.2, -0.15) is 0 Å². The SMILES string of the molecule is CCOP(=O)(OCC)C1(P(=O)(OCC)OCC)Oc2ccccc2O1. The molecule has 0 aliphatic carbocycles. The molecule has 1 aliphatic heterocycles. The van der Waals surface area contributed by atoms with E-state index in [4.69, 9.17) is 27.6 Å². The average molecular weight is 394 g/mol. The first-order valence-corrected chi connectivity index (χ1v) is 11.3. The van der Waals surface area contributed by atoms with Crippen molar-refractivity contribution in [3.8, 4) is 11.5 Å². The molecule has 25 heavy (non-hydrogen) atoms. The standard InChI is InChI=1S/C15H24O8P2/c1-5-18-24(16,19-6-2)15(25(17,20-7-3)21-8-4)22-13-11-9-10-12-14(13)23-15/h9-12H,5-8H2,1-4H3. The van der Waals surface area contributed by atoms with Crippen molar-refractivity contribution in [1.29, 1.82) is 0 Å². The van der Waals surface area contributed by atoms with E-state index in [-0.39, 0.29) is 37.9 Å². The molecule has 1 aliphatic rings. The zero-order valence-electron chi connectivity index (χ0n) is 14.8. The lowest BCUT2D eigenvalue weighted by Crippen LogP contribution is -2.41. The van der Waals surface area contributed by atoms with E-state index in [0.29, 0.717) is 0 Å². The normalized spacial score (nSPS) is 16.2. The van der Waals surface area contributed by atoms with Gasteiger partial charge in [0.2, 0.25) is 0 Å². The van der Waals surface area contributed by atoms with Crippen LogP contribution >= 0.6 is 15.2 Å². The Labute approximate surface area is 147 Å². The van der Waals surface area contributed by atoms with Crippen LogP contribution in [0.2, 0.25) is 0 Å². The van der Waals surface area contributed by atoms with Crippen LogP contribution in [0.1, 0.15) is 27.7 Å². The van der Waals surface area contributed by atoms with E-state index >= 15 is 0 Å². The zero-order valence-corrected chi connectivity index (χ0v) is 16.6. The van der Waals surface area contributed by atoms with E-state index in [1.54, 1.807) is 52.0 Å². The van der Waals surface area contributed by atoms with Crippen molar-refractivity contribution < 1.29 is 36.7 Å². The van der Waals surface area contributed by atoms with Crippen LogP contribution in [-0.4, -0.2) is 31.7 Å². The predicted molar refractivity (Wildman–Crippen MR) is 92.1 cm³/mol. The Morgan fingerprint density at radius 1 is 0.760 bits per heavy atom. The molecule has 10 heteroatoms. The molecule has 2 rings (SSSR count). The molecule has 0 aromatic heterocycles. The largest absolute Gasteiger partial charge is 0.459 e. The fourth-order valence-corrected chi connectivity index (χ4v) is 7.28. The summed E-state index contributed by atoms with van der Waals surface area (Å²) >= 11 is 0. The van der Waals surface area contributed by atoms with Crippen molar-refractivity contribution in [3.05, 3.63) is 24.3 Å². The van der Waals surface area contributed by atoms with E-state index in [1.165, 1.54) is 0 Å². The molecule has 1 aromatic carbocycles. The first kappa shape index (κ1) is 20.4. The fraction of sp³-hybridized carbons (Fsp3) is 0.600. The van der Waals surface area contributed by atoms with Gasteiger partial charge in [0, 0.05) is 0 Å². The van der Waals surface area contributed by atoms with Crippen LogP contribution in [0.3, 0.4) is 0 Å². The summed E-state index contributed by atoms with van der Waals surface area (Å²) < 4.78 is 60.2. The summed E-state index contributed by atoms with van der Waals surface area (Å²) in [6.45, 7) is 6.64. The van der Waals surface area contributed by atoms with Gasteiger partial charge in [0.05, 0.1) is 26.4 Å². The van der Waals surface area contributed by atoms with E-state index in [2.05, 4.69) is 0 Å². The molecule has 0 fully saturated rings. The van der Waals surface area contributed by atoms with Crippen molar-refractivity contribution in [2.75, 3.05) is 26.4 Å². The maximum absolute atomic E-state index is 13.6. The molecule has 142 valence electrons. The van der Waals surface area contributed by atoms with Gasteiger partial charge in [-0.05, 0) is 39.8 Å². The topological polar surface area (TPSA) is 89.5 Å². The van der Waals surface area contributed by atoms with Gasteiger partial charge in [-0.3, -0.25) is 9.13 Å². The molecule has 0 spiro atoms. The summed E-state index contributed by atoms with van der Waals surface area (Å²) in [5, 5.41) is -2.36. The van der Waals surface area contributed by atoms with Crippen LogP contribution in [0, 0.1) is 0 Å². The summed E-state index contributed by atoms with van der Waals surface area (Å²) in [5.41, 5.74) is 0. The van der Waals surface area contributed by atoms with Crippen molar-refractivity contribution in [2.24, 2.45) is 0 Å². The second-order valence-electron chi connectivity index (χ2n) is 4.87. The van der Waals surface area contributed by atoms with Gasteiger partial charge in [0.15, 0.2) is 11.5 Å². The third-order valence-corrected chi connectivity index (χ3v) is 8.84. The minimum Gasteiger partial charge on any atom is -0.429 e. The van der Waals surface area contributed by atoms with Crippen LogP contribution < -0.4 is 9.47 Å². The molecule has 0 saturated carbocycles. The molecule has 0 atom stereocenters. The van der Waals surface area contributed by atoms with Crippen molar-refractivity contribution in [3.63, 3.8) is 0 Å². The molecule has 0 bridgehead atoms. The molecule has 0 saturated heterocycles. The minimum atomic E-state index is -4.22. The Hall–Kier alpha value is -0.880. The van der Waals surface area contributed by atoms with Gasteiger partial charge in [-0.15, -0.1) is 0 Å². The van der Waals surface area contributed by atoms with Gasteiger partial charge in [0.1, 0.15) is 0 Å². The number of hydrogen-bond acceptors (Lipinski definition) is 8. The lowest BCUT2D eigenvalue weighted by Gasteiger charge is -2.36. The smallest absolute Gasteiger partial charge is 0.429 e. The van der Waals surface area contributed by atoms with E-state index in [0.717, 1.165) is 0 Å². The van der Waals surface area contributed by atoms with Crippen LogP contribution in [0.5, 0.6) is 11.5 Å². The molecule has 0 unspecified atom stereocenters. The number of rotatable bonds is 10. The summed E-state index contributed by atoms with van der Waals surface area (Å²) in [6.07, 6.45) is 0. The molecule has 0 N–H and O–H groups in total. The summed E-state index contributed by atoms with van der Waals surface area (Å²) in [4.78, 5) is 0. The van der Waals surface area contributed by atoms with Crippen LogP contribution in [0.25, 0.3) is 0 Å². The molecule has 0 amide bonds. The molecule has 1 aromatic rings. The number of ether oxygens (including phenoxy) is 2. The average Bonchev–Trinajstić information content (AvgIpc) is 2.97. The van der Waals surface area contributed by atoms with Crippen molar-refractivity contribution >= 4 is 15.2 Å². The first-order chi connectivity index (χ1) is 11.9. The van der Waals surface area contributed by atoms with E-state index in [9.17, 15) is 9.13 Å². The van der Waals surface area contributed by atoms with Crippen LogP contribution in [0.15, 0.2) is 24.3 Å². The quantitative estimate of drug-likeness (QED) is 0.532. The second-order valence-corrected chi connectivity index (χ2v) is 9.42. The Bertz CT molecular complexity index is 600. The highest BCUT2D eigenvalue weighted by Crippen LogP contribution is 2.79. The third kappa shape index (κ3) is 3.52. The first-order valence-electron chi connectivity index (χ1n) is 8.17. The van der Waals surface area contributed by atoms with E-state index < -0.39 is 20.5 Å². The highest BCUT2D eigenvalue weighted by atomic mass is 31.2. The molecular formula is C15H24O8P2. The lowest BCUT2D eigenvalue weighted by molar-refractivity contribution is 0.00310. The third-order valence-electron chi connectivity index (χ3n) is 3.22.